The van der Waals surface area contributed by atoms with E-state index in [2.05, 4.69) is 94.4 Å². The van der Waals surface area contributed by atoms with Crippen molar-refractivity contribution in [2.24, 2.45) is 10.8 Å². The summed E-state index contributed by atoms with van der Waals surface area (Å²) in [6, 6.07) is 25.7. The second-order valence-electron chi connectivity index (χ2n) is 21.8. The number of aromatic amines is 1. The van der Waals surface area contributed by atoms with Gasteiger partial charge in [0, 0.05) is 111 Å². The zero-order valence-electron chi connectivity index (χ0n) is 42.7. The standard InChI is InChI=1S/C51H61N5O5.C6H12O2.CH4/c1-49(2,3)61-48(58)29-51(6,7)35-59-34-50(4,5)28-47(57)56-24-22-55(23-25-56)33-37-13-16-41(43-32-54-45-18-21-53-31-44(43)45)46(27-37)60-26-19-36-11-14-39(15-12-36)40-10-8-9-38-17-20-52-30-42(38)40;1-5(7)8-6(2,3)4;/h8-18,20-21,27,30-32,54H,19,22-26,28-29,33-35H2,1-7H3;1-4H3;1H4. The van der Waals surface area contributed by atoms with Crippen molar-refractivity contribution in [3.05, 3.63) is 115 Å². The van der Waals surface area contributed by atoms with Crippen molar-refractivity contribution in [3.8, 4) is 28.0 Å². The molecule has 12 nitrogen and oxygen atoms in total. The average molecular weight is 956 g/mol. The fourth-order valence-electron chi connectivity index (χ4n) is 8.53. The molecule has 0 saturated carbocycles. The third-order valence-electron chi connectivity index (χ3n) is 11.7. The molecule has 376 valence electrons. The molecule has 6 aromatic rings. The largest absolute Gasteiger partial charge is 0.493 e. The summed E-state index contributed by atoms with van der Waals surface area (Å²) in [5.74, 6) is 0.537. The van der Waals surface area contributed by atoms with E-state index in [4.69, 9.17) is 18.9 Å². The van der Waals surface area contributed by atoms with Crippen LogP contribution in [0.1, 0.15) is 108 Å². The van der Waals surface area contributed by atoms with Gasteiger partial charge in [-0.25, -0.2) is 0 Å². The van der Waals surface area contributed by atoms with Gasteiger partial charge in [-0.2, -0.15) is 0 Å². The quantitative estimate of drug-likeness (QED) is 0.0934. The Morgan fingerprint density at radius 3 is 1.94 bits per heavy atom. The van der Waals surface area contributed by atoms with Crippen LogP contribution >= 0.6 is 0 Å². The fourth-order valence-corrected chi connectivity index (χ4v) is 8.53. The Hall–Kier alpha value is -6.11. The first-order valence-electron chi connectivity index (χ1n) is 24.1. The van der Waals surface area contributed by atoms with Crippen molar-refractivity contribution in [3.63, 3.8) is 0 Å². The number of nitrogens with one attached hydrogen (secondary N) is 1. The van der Waals surface area contributed by atoms with Crippen LogP contribution in [-0.4, -0.2) is 99.8 Å². The third kappa shape index (κ3) is 16.5. The molecule has 1 fully saturated rings. The summed E-state index contributed by atoms with van der Waals surface area (Å²) >= 11 is 0. The first-order valence-corrected chi connectivity index (χ1v) is 24.1. The van der Waals surface area contributed by atoms with Crippen LogP contribution in [0.5, 0.6) is 5.75 Å². The van der Waals surface area contributed by atoms with E-state index in [0.717, 1.165) is 59.2 Å². The summed E-state index contributed by atoms with van der Waals surface area (Å²) in [4.78, 5) is 52.7. The molecule has 1 amide bonds. The maximum absolute atomic E-state index is 13.5. The number of amides is 1. The lowest BCUT2D eigenvalue weighted by molar-refractivity contribution is -0.158. The number of nitrogens with zero attached hydrogens (tertiary/aromatic N) is 4. The Bertz CT molecular complexity index is 2660. The zero-order valence-corrected chi connectivity index (χ0v) is 42.7. The van der Waals surface area contributed by atoms with Crippen LogP contribution in [0.25, 0.3) is 43.9 Å². The van der Waals surface area contributed by atoms with E-state index in [-0.39, 0.29) is 48.1 Å². The van der Waals surface area contributed by atoms with Crippen molar-refractivity contribution in [1.29, 1.82) is 0 Å². The highest BCUT2D eigenvalue weighted by atomic mass is 16.6. The Balaban J connectivity index is 0.000000932. The topological polar surface area (TPSA) is 136 Å². The van der Waals surface area contributed by atoms with Crippen molar-refractivity contribution in [2.45, 2.75) is 121 Å². The molecular formula is C58H77N5O7. The minimum atomic E-state index is -0.516. The van der Waals surface area contributed by atoms with Gasteiger partial charge in [0.2, 0.25) is 5.91 Å². The van der Waals surface area contributed by atoms with E-state index in [1.54, 1.807) is 6.20 Å². The van der Waals surface area contributed by atoms with E-state index < -0.39 is 5.60 Å². The number of esters is 2. The second-order valence-corrected chi connectivity index (χ2v) is 21.8. The highest BCUT2D eigenvalue weighted by Gasteiger charge is 2.31. The molecule has 4 heterocycles. The van der Waals surface area contributed by atoms with Gasteiger partial charge in [-0.05, 0) is 98.2 Å². The van der Waals surface area contributed by atoms with Gasteiger partial charge in [0.1, 0.15) is 17.0 Å². The molecule has 1 saturated heterocycles. The number of rotatable bonds is 16. The first-order chi connectivity index (χ1) is 32.5. The van der Waals surface area contributed by atoms with Gasteiger partial charge in [0.25, 0.3) is 0 Å². The first kappa shape index (κ1) is 54.8. The van der Waals surface area contributed by atoms with Gasteiger partial charge < -0.3 is 28.8 Å². The number of pyridine rings is 2. The summed E-state index contributed by atoms with van der Waals surface area (Å²) in [7, 11) is 0. The van der Waals surface area contributed by atoms with E-state index in [0.29, 0.717) is 39.3 Å². The monoisotopic (exact) mass is 956 g/mol. The van der Waals surface area contributed by atoms with E-state index in [1.807, 2.05) is 97.2 Å². The van der Waals surface area contributed by atoms with Gasteiger partial charge in [-0.3, -0.25) is 29.3 Å². The average Bonchev–Trinajstić information content (AvgIpc) is 3.69. The Morgan fingerprint density at radius 2 is 1.30 bits per heavy atom. The number of hydrogen-bond donors (Lipinski definition) is 1. The number of fused-ring (bicyclic) bond motifs is 2. The minimum absolute atomic E-state index is 0. The van der Waals surface area contributed by atoms with Crippen LogP contribution in [0, 0.1) is 10.8 Å². The number of piperazine rings is 1. The van der Waals surface area contributed by atoms with Gasteiger partial charge >= 0.3 is 11.9 Å². The van der Waals surface area contributed by atoms with Gasteiger partial charge in [0.15, 0.2) is 0 Å². The molecule has 0 spiro atoms. The lowest BCUT2D eigenvalue weighted by Gasteiger charge is -2.36. The van der Waals surface area contributed by atoms with E-state index in [9.17, 15) is 14.4 Å². The molecule has 1 aliphatic heterocycles. The van der Waals surface area contributed by atoms with Crippen molar-refractivity contribution in [1.82, 2.24) is 24.8 Å². The predicted octanol–water partition coefficient (Wildman–Crippen LogP) is 11.9. The molecule has 0 radical (unpaired) electrons. The summed E-state index contributed by atoms with van der Waals surface area (Å²) in [5.41, 5.74) is 6.28. The van der Waals surface area contributed by atoms with Gasteiger partial charge in [-0.1, -0.05) is 89.7 Å². The SMILES string of the molecule is C.CC(=O)OC(C)(C)C.CC(C)(COCC(C)(C)CC(=O)N1CCN(Cc2ccc(-c3c[nH]c4ccncc34)c(OCCc3ccc(-c4cccc5ccncc45)cc3)c2)CC1)CC(=O)OC(C)(C)C. The van der Waals surface area contributed by atoms with E-state index in [1.165, 1.54) is 34.6 Å². The van der Waals surface area contributed by atoms with Crippen LogP contribution < -0.4 is 4.74 Å². The molecule has 7 rings (SSSR count). The molecular weight excluding hydrogens is 879 g/mol. The van der Waals surface area contributed by atoms with Crippen molar-refractivity contribution >= 4 is 39.5 Å². The van der Waals surface area contributed by atoms with Crippen LogP contribution in [0.15, 0.2) is 104 Å². The van der Waals surface area contributed by atoms with Crippen molar-refractivity contribution in [2.75, 3.05) is 46.0 Å². The van der Waals surface area contributed by atoms with Crippen LogP contribution in [-0.2, 0) is 41.6 Å². The molecule has 12 heteroatoms. The smallest absolute Gasteiger partial charge is 0.306 e. The minimum Gasteiger partial charge on any atom is -0.493 e. The third-order valence-corrected chi connectivity index (χ3v) is 11.7. The maximum Gasteiger partial charge on any atom is 0.306 e. The Labute approximate surface area is 416 Å². The van der Waals surface area contributed by atoms with Crippen LogP contribution in [0.4, 0.5) is 0 Å². The maximum atomic E-state index is 13.5. The Morgan fingerprint density at radius 1 is 0.671 bits per heavy atom. The molecule has 0 bridgehead atoms. The van der Waals surface area contributed by atoms with Crippen LogP contribution in [0.2, 0.25) is 0 Å². The highest BCUT2D eigenvalue weighted by molar-refractivity contribution is 5.97. The summed E-state index contributed by atoms with van der Waals surface area (Å²) < 4.78 is 23.1. The predicted molar refractivity (Wildman–Crippen MR) is 281 cm³/mol. The molecule has 3 aromatic carbocycles. The van der Waals surface area contributed by atoms with Crippen LogP contribution in [0.3, 0.4) is 0 Å². The lowest BCUT2D eigenvalue weighted by Crippen LogP contribution is -2.49. The molecule has 70 heavy (non-hydrogen) atoms. The number of carbonyl (C=O) groups is 3. The van der Waals surface area contributed by atoms with Gasteiger partial charge in [0.05, 0.1) is 26.2 Å². The molecule has 0 atom stereocenters. The molecule has 0 unspecified atom stereocenters. The number of hydrogen-bond acceptors (Lipinski definition) is 10. The zero-order chi connectivity index (χ0) is 50.0. The summed E-state index contributed by atoms with van der Waals surface area (Å²) in [5, 5.41) is 3.38. The Kier molecular flexibility index (Phi) is 18.5. The molecule has 0 aliphatic carbocycles. The highest BCUT2D eigenvalue weighted by Crippen LogP contribution is 2.37. The molecule has 3 aromatic heterocycles. The number of carbonyl (C=O) groups excluding carboxylic acids is 3. The van der Waals surface area contributed by atoms with E-state index >= 15 is 0 Å². The van der Waals surface area contributed by atoms with Crippen molar-refractivity contribution < 1.29 is 33.3 Å². The molecule has 1 aliphatic rings. The second kappa shape index (κ2) is 23.7. The number of H-pyrrole nitrogens is 1. The number of ether oxygens (including phenoxy) is 4. The van der Waals surface area contributed by atoms with Gasteiger partial charge in [-0.15, -0.1) is 0 Å². The lowest BCUT2D eigenvalue weighted by atomic mass is 9.88. The number of benzene rings is 3. The normalized spacial score (nSPS) is 13.6. The molecule has 1 N–H and O–H groups in total. The fraction of sp³-hybridized carbons (Fsp3) is 0.466. The summed E-state index contributed by atoms with van der Waals surface area (Å²) in [6.07, 6.45) is 10.9. The number of aromatic nitrogens is 3. The summed E-state index contributed by atoms with van der Waals surface area (Å²) in [6.45, 7) is 25.8.